The first-order valence-corrected chi connectivity index (χ1v) is 6.10. The highest BCUT2D eigenvalue weighted by molar-refractivity contribution is 5.99. The summed E-state index contributed by atoms with van der Waals surface area (Å²) in [5.41, 5.74) is 1.62. The zero-order chi connectivity index (χ0) is 15.5. The van der Waals surface area contributed by atoms with E-state index in [-0.39, 0.29) is 23.9 Å². The summed E-state index contributed by atoms with van der Waals surface area (Å²) in [4.78, 5) is 22.4. The standard InChI is InChI=1S/C13H9N3O6/c17-13(15-14-6-8-2-1-3-20-8)9-4-11-12(22-7-21-11)5-10(9)16(18)19/h1-6H,7H2,(H,15,17)/b14-6+. The second-order valence-corrected chi connectivity index (χ2v) is 4.19. The van der Waals surface area contributed by atoms with Crippen molar-refractivity contribution in [1.29, 1.82) is 0 Å². The number of rotatable bonds is 4. The van der Waals surface area contributed by atoms with Crippen molar-refractivity contribution in [3.05, 3.63) is 52.0 Å². The first kappa shape index (κ1) is 13.6. The van der Waals surface area contributed by atoms with Gasteiger partial charge in [0.25, 0.3) is 11.6 Å². The van der Waals surface area contributed by atoms with E-state index in [0.29, 0.717) is 5.76 Å². The highest BCUT2D eigenvalue weighted by Crippen LogP contribution is 2.37. The third-order valence-corrected chi connectivity index (χ3v) is 2.83. The number of hydrazone groups is 1. The van der Waals surface area contributed by atoms with E-state index in [1.54, 1.807) is 12.1 Å². The SMILES string of the molecule is O=C(N/N=C/c1ccco1)c1cc2c(cc1[N+](=O)[O-])OCO2. The van der Waals surface area contributed by atoms with E-state index in [1.807, 2.05) is 0 Å². The van der Waals surface area contributed by atoms with Crippen LogP contribution in [0.4, 0.5) is 5.69 Å². The second-order valence-electron chi connectivity index (χ2n) is 4.19. The van der Waals surface area contributed by atoms with Crippen LogP contribution in [0.15, 0.2) is 40.0 Å². The van der Waals surface area contributed by atoms with Crippen molar-refractivity contribution in [2.45, 2.75) is 0 Å². The molecule has 1 amide bonds. The van der Waals surface area contributed by atoms with Crippen LogP contribution < -0.4 is 14.9 Å². The highest BCUT2D eigenvalue weighted by Gasteiger charge is 2.27. The lowest BCUT2D eigenvalue weighted by atomic mass is 10.1. The van der Waals surface area contributed by atoms with Crippen LogP contribution in [0, 0.1) is 10.1 Å². The number of nitro groups is 1. The van der Waals surface area contributed by atoms with Gasteiger partial charge in [0.2, 0.25) is 6.79 Å². The Morgan fingerprint density at radius 2 is 2.14 bits per heavy atom. The largest absolute Gasteiger partial charge is 0.463 e. The predicted octanol–water partition coefficient (Wildman–Crippen LogP) is 1.68. The molecular weight excluding hydrogens is 294 g/mol. The summed E-state index contributed by atoms with van der Waals surface area (Å²) in [6, 6.07) is 5.69. The first-order valence-electron chi connectivity index (χ1n) is 6.10. The molecule has 0 spiro atoms. The molecule has 1 N–H and O–H groups in total. The van der Waals surface area contributed by atoms with Crippen LogP contribution in [-0.2, 0) is 0 Å². The van der Waals surface area contributed by atoms with Crippen LogP contribution in [-0.4, -0.2) is 23.8 Å². The lowest BCUT2D eigenvalue weighted by molar-refractivity contribution is -0.385. The van der Waals surface area contributed by atoms with Crippen LogP contribution in [0.2, 0.25) is 0 Å². The van der Waals surface area contributed by atoms with E-state index >= 15 is 0 Å². The quantitative estimate of drug-likeness (QED) is 0.522. The van der Waals surface area contributed by atoms with Gasteiger partial charge in [-0.15, -0.1) is 0 Å². The fourth-order valence-electron chi connectivity index (χ4n) is 1.84. The van der Waals surface area contributed by atoms with E-state index in [9.17, 15) is 14.9 Å². The molecular formula is C13H9N3O6. The molecule has 0 fully saturated rings. The summed E-state index contributed by atoms with van der Waals surface area (Å²) in [7, 11) is 0. The molecule has 112 valence electrons. The molecule has 0 atom stereocenters. The molecule has 0 saturated carbocycles. The predicted molar refractivity (Wildman–Crippen MR) is 73.0 cm³/mol. The van der Waals surface area contributed by atoms with E-state index in [0.717, 1.165) is 6.07 Å². The van der Waals surface area contributed by atoms with Crippen LogP contribution in [0.3, 0.4) is 0 Å². The Morgan fingerprint density at radius 3 is 2.82 bits per heavy atom. The number of nitrogens with one attached hydrogen (secondary N) is 1. The third kappa shape index (κ3) is 2.59. The van der Waals surface area contributed by atoms with E-state index in [1.165, 1.54) is 18.5 Å². The number of benzene rings is 1. The molecule has 9 nitrogen and oxygen atoms in total. The van der Waals surface area contributed by atoms with Crippen molar-refractivity contribution >= 4 is 17.8 Å². The molecule has 2 heterocycles. The van der Waals surface area contributed by atoms with Gasteiger partial charge >= 0.3 is 0 Å². The van der Waals surface area contributed by atoms with Gasteiger partial charge in [-0.25, -0.2) is 5.43 Å². The molecule has 3 rings (SSSR count). The van der Waals surface area contributed by atoms with Gasteiger partial charge < -0.3 is 13.9 Å². The van der Waals surface area contributed by atoms with Crippen LogP contribution >= 0.6 is 0 Å². The molecule has 9 heteroatoms. The Morgan fingerprint density at radius 1 is 1.36 bits per heavy atom. The molecule has 1 aromatic heterocycles. The van der Waals surface area contributed by atoms with Crippen molar-refractivity contribution < 1.29 is 23.6 Å². The minimum atomic E-state index is -0.743. The van der Waals surface area contributed by atoms with Gasteiger partial charge in [-0.3, -0.25) is 14.9 Å². The number of hydrogen-bond donors (Lipinski definition) is 1. The number of hydrogen-bond acceptors (Lipinski definition) is 7. The van der Waals surface area contributed by atoms with Gasteiger partial charge in [-0.1, -0.05) is 0 Å². The monoisotopic (exact) mass is 303 g/mol. The fourth-order valence-corrected chi connectivity index (χ4v) is 1.84. The number of fused-ring (bicyclic) bond motifs is 1. The number of nitrogens with zero attached hydrogens (tertiary/aromatic N) is 2. The minimum absolute atomic E-state index is 0.0474. The molecule has 0 saturated heterocycles. The molecule has 22 heavy (non-hydrogen) atoms. The van der Waals surface area contributed by atoms with Crippen LogP contribution in [0.5, 0.6) is 11.5 Å². The van der Waals surface area contributed by atoms with E-state index in [4.69, 9.17) is 13.9 Å². The first-order chi connectivity index (χ1) is 10.6. The number of nitro benzene ring substituents is 1. The topological polar surface area (TPSA) is 116 Å². The van der Waals surface area contributed by atoms with Gasteiger partial charge in [0.1, 0.15) is 11.3 Å². The summed E-state index contributed by atoms with van der Waals surface area (Å²) < 4.78 is 15.2. The molecule has 1 aliphatic heterocycles. The number of carbonyl (C=O) groups is 1. The molecule has 0 unspecified atom stereocenters. The molecule has 2 aromatic rings. The summed E-state index contributed by atoms with van der Waals surface area (Å²) in [5.74, 6) is 0.182. The highest BCUT2D eigenvalue weighted by atomic mass is 16.7. The minimum Gasteiger partial charge on any atom is -0.463 e. The van der Waals surface area contributed by atoms with E-state index < -0.39 is 16.5 Å². The molecule has 1 aliphatic rings. The third-order valence-electron chi connectivity index (χ3n) is 2.83. The Kier molecular flexibility index (Phi) is 3.44. The van der Waals surface area contributed by atoms with Gasteiger partial charge in [-0.2, -0.15) is 5.10 Å². The van der Waals surface area contributed by atoms with E-state index in [2.05, 4.69) is 10.5 Å². The van der Waals surface area contributed by atoms with Gasteiger partial charge in [0.05, 0.1) is 23.5 Å². The van der Waals surface area contributed by atoms with Crippen molar-refractivity contribution in [2.75, 3.05) is 6.79 Å². The summed E-state index contributed by atoms with van der Waals surface area (Å²) in [6.45, 7) is -0.0474. The smallest absolute Gasteiger partial charge is 0.286 e. The summed E-state index contributed by atoms with van der Waals surface area (Å²) in [5, 5.41) is 14.7. The Balaban J connectivity index is 1.83. The second kappa shape index (κ2) is 5.56. The number of amides is 1. The zero-order valence-corrected chi connectivity index (χ0v) is 11.0. The Bertz CT molecular complexity index is 753. The number of furan rings is 1. The molecule has 0 radical (unpaired) electrons. The normalized spacial score (nSPS) is 12.5. The van der Waals surface area contributed by atoms with Gasteiger partial charge in [-0.05, 0) is 12.1 Å². The Labute approximate surface area is 123 Å². The van der Waals surface area contributed by atoms with Crippen LogP contribution in [0.1, 0.15) is 16.1 Å². The maximum absolute atomic E-state index is 12.0. The zero-order valence-electron chi connectivity index (χ0n) is 11.0. The maximum Gasteiger partial charge on any atom is 0.286 e. The summed E-state index contributed by atoms with van der Waals surface area (Å²) in [6.07, 6.45) is 2.72. The van der Waals surface area contributed by atoms with Crippen molar-refractivity contribution in [1.82, 2.24) is 5.43 Å². The lowest BCUT2D eigenvalue weighted by Gasteiger charge is -2.03. The Hall–Kier alpha value is -3.36. The van der Waals surface area contributed by atoms with Crippen molar-refractivity contribution in [2.24, 2.45) is 5.10 Å². The maximum atomic E-state index is 12.0. The average molecular weight is 303 g/mol. The van der Waals surface area contributed by atoms with Gasteiger partial charge in [0, 0.05) is 6.07 Å². The number of carbonyl (C=O) groups excluding carboxylic acids is 1. The molecule has 0 bridgehead atoms. The average Bonchev–Trinajstić information content (AvgIpc) is 3.16. The number of ether oxygens (including phenoxy) is 2. The summed E-state index contributed by atoms with van der Waals surface area (Å²) >= 11 is 0. The van der Waals surface area contributed by atoms with Gasteiger partial charge in [0.15, 0.2) is 11.5 Å². The molecule has 1 aromatic carbocycles. The van der Waals surface area contributed by atoms with Crippen molar-refractivity contribution in [3.8, 4) is 11.5 Å². The van der Waals surface area contributed by atoms with Crippen molar-refractivity contribution in [3.63, 3.8) is 0 Å². The van der Waals surface area contributed by atoms with Crippen LogP contribution in [0.25, 0.3) is 0 Å². The molecule has 0 aliphatic carbocycles. The lowest BCUT2D eigenvalue weighted by Crippen LogP contribution is -2.19. The fraction of sp³-hybridized carbons (Fsp3) is 0.0769.